The molecule has 0 atom stereocenters. The van der Waals surface area contributed by atoms with E-state index in [1.165, 1.54) is 0 Å². The highest BCUT2D eigenvalue weighted by atomic mass is 16.2. The van der Waals surface area contributed by atoms with Gasteiger partial charge in [-0.25, -0.2) is 5.43 Å². The van der Waals surface area contributed by atoms with Gasteiger partial charge in [0.05, 0.1) is 5.71 Å². The summed E-state index contributed by atoms with van der Waals surface area (Å²) in [4.78, 5) is 23.8. The van der Waals surface area contributed by atoms with Crippen molar-refractivity contribution in [3.05, 3.63) is 71.3 Å². The van der Waals surface area contributed by atoms with Crippen molar-refractivity contribution in [3.63, 3.8) is 0 Å². The number of hydrazone groups is 1. The van der Waals surface area contributed by atoms with Crippen molar-refractivity contribution in [2.75, 3.05) is 5.32 Å². The number of nitrogens with one attached hydrogen (secondary N) is 2. The number of rotatable bonds is 4. The molecule has 0 heterocycles. The van der Waals surface area contributed by atoms with Gasteiger partial charge < -0.3 is 5.32 Å². The summed E-state index contributed by atoms with van der Waals surface area (Å²) in [5, 5.41) is 6.49. The Bertz CT molecular complexity index is 824. The van der Waals surface area contributed by atoms with Crippen LogP contribution in [0.4, 0.5) is 5.69 Å². The predicted octanol–water partition coefficient (Wildman–Crippen LogP) is 3.45. The first-order chi connectivity index (χ1) is 12.0. The van der Waals surface area contributed by atoms with Gasteiger partial charge >= 0.3 is 11.8 Å². The monoisotopic (exact) mass is 335 g/mol. The summed E-state index contributed by atoms with van der Waals surface area (Å²) in [5.74, 6) is -1.57. The SMILES string of the molecule is CC(C=Cc1ccccc1)=NNC(=O)C(=O)Nc1ccc(C)cc1C. The highest BCUT2D eigenvalue weighted by Gasteiger charge is 2.14. The zero-order valence-electron chi connectivity index (χ0n) is 14.5. The second kappa shape index (κ2) is 8.59. The topological polar surface area (TPSA) is 70.6 Å². The first-order valence-electron chi connectivity index (χ1n) is 7.91. The summed E-state index contributed by atoms with van der Waals surface area (Å²) in [6, 6.07) is 15.3. The molecule has 0 radical (unpaired) electrons. The van der Waals surface area contributed by atoms with Gasteiger partial charge in [-0.3, -0.25) is 9.59 Å². The average molecular weight is 335 g/mol. The Hall–Kier alpha value is -3.21. The molecule has 2 rings (SSSR count). The lowest BCUT2D eigenvalue weighted by atomic mass is 10.1. The lowest BCUT2D eigenvalue weighted by Crippen LogP contribution is -2.33. The molecule has 0 spiro atoms. The van der Waals surface area contributed by atoms with Crippen molar-refractivity contribution in [1.82, 2.24) is 5.43 Å². The van der Waals surface area contributed by atoms with Crippen molar-refractivity contribution < 1.29 is 9.59 Å². The van der Waals surface area contributed by atoms with Gasteiger partial charge in [0.2, 0.25) is 0 Å². The van der Waals surface area contributed by atoms with Crippen LogP contribution in [0.25, 0.3) is 6.08 Å². The number of aryl methyl sites for hydroxylation is 2. The van der Waals surface area contributed by atoms with Gasteiger partial charge in [-0.2, -0.15) is 5.10 Å². The van der Waals surface area contributed by atoms with Crippen molar-refractivity contribution in [2.24, 2.45) is 5.10 Å². The number of hydrogen-bond donors (Lipinski definition) is 2. The number of nitrogens with zero attached hydrogens (tertiary/aromatic N) is 1. The molecule has 25 heavy (non-hydrogen) atoms. The molecule has 2 amide bonds. The van der Waals surface area contributed by atoms with E-state index in [1.807, 2.05) is 62.4 Å². The van der Waals surface area contributed by atoms with E-state index in [2.05, 4.69) is 15.8 Å². The summed E-state index contributed by atoms with van der Waals surface area (Å²) < 4.78 is 0. The summed E-state index contributed by atoms with van der Waals surface area (Å²) in [5.41, 5.74) is 6.45. The third kappa shape index (κ3) is 5.73. The second-order valence-corrected chi connectivity index (χ2v) is 5.71. The first-order valence-corrected chi connectivity index (χ1v) is 7.91. The van der Waals surface area contributed by atoms with Crippen molar-refractivity contribution in [1.29, 1.82) is 0 Å². The molecule has 2 aromatic rings. The van der Waals surface area contributed by atoms with Crippen LogP contribution in [0.15, 0.2) is 59.7 Å². The predicted molar refractivity (Wildman–Crippen MR) is 101 cm³/mol. The van der Waals surface area contributed by atoms with Crippen molar-refractivity contribution in [3.8, 4) is 0 Å². The van der Waals surface area contributed by atoms with Crippen LogP contribution in [0.1, 0.15) is 23.6 Å². The second-order valence-electron chi connectivity index (χ2n) is 5.71. The normalized spacial score (nSPS) is 11.4. The van der Waals surface area contributed by atoms with Crippen molar-refractivity contribution >= 4 is 29.3 Å². The Labute approximate surface area is 147 Å². The highest BCUT2D eigenvalue weighted by Crippen LogP contribution is 2.15. The Balaban J connectivity index is 1.92. The smallest absolute Gasteiger partial charge is 0.317 e. The number of allylic oxidation sites excluding steroid dienone is 1. The van der Waals surface area contributed by atoms with E-state index in [4.69, 9.17) is 0 Å². The lowest BCUT2D eigenvalue weighted by Gasteiger charge is -2.08. The summed E-state index contributed by atoms with van der Waals surface area (Å²) >= 11 is 0. The fraction of sp³-hybridized carbons (Fsp3) is 0.150. The molecule has 0 bridgehead atoms. The van der Waals surface area contributed by atoms with Gasteiger partial charge in [0.1, 0.15) is 0 Å². The van der Waals surface area contributed by atoms with Crippen LogP contribution in [0.2, 0.25) is 0 Å². The molecule has 0 aromatic heterocycles. The van der Waals surface area contributed by atoms with E-state index in [9.17, 15) is 9.59 Å². The third-order valence-electron chi connectivity index (χ3n) is 3.49. The fourth-order valence-electron chi connectivity index (χ4n) is 2.14. The maximum absolute atomic E-state index is 11.9. The van der Waals surface area contributed by atoms with Gasteiger partial charge in [0.25, 0.3) is 0 Å². The molecular formula is C20H21N3O2. The number of carbonyl (C=O) groups is 2. The minimum Gasteiger partial charge on any atom is -0.317 e. The molecule has 5 nitrogen and oxygen atoms in total. The molecular weight excluding hydrogens is 314 g/mol. The Morgan fingerprint density at radius 3 is 2.40 bits per heavy atom. The van der Waals surface area contributed by atoms with Crippen LogP contribution in [-0.4, -0.2) is 17.5 Å². The van der Waals surface area contributed by atoms with E-state index in [-0.39, 0.29) is 0 Å². The lowest BCUT2D eigenvalue weighted by molar-refractivity contribution is -0.136. The van der Waals surface area contributed by atoms with Crippen LogP contribution in [0.5, 0.6) is 0 Å². The number of carbonyl (C=O) groups excluding carboxylic acids is 2. The van der Waals surface area contributed by atoms with Crippen LogP contribution in [-0.2, 0) is 9.59 Å². The van der Waals surface area contributed by atoms with E-state index < -0.39 is 11.8 Å². The third-order valence-corrected chi connectivity index (χ3v) is 3.49. The Morgan fingerprint density at radius 1 is 1.00 bits per heavy atom. The largest absolute Gasteiger partial charge is 0.329 e. The molecule has 0 aliphatic heterocycles. The van der Waals surface area contributed by atoms with Gasteiger partial charge in [-0.05, 0) is 44.0 Å². The van der Waals surface area contributed by atoms with E-state index in [0.717, 1.165) is 16.7 Å². The maximum atomic E-state index is 11.9. The number of benzene rings is 2. The van der Waals surface area contributed by atoms with E-state index >= 15 is 0 Å². The van der Waals surface area contributed by atoms with E-state index in [0.29, 0.717) is 11.4 Å². The minimum absolute atomic E-state index is 0.580. The molecule has 0 aliphatic carbocycles. The molecule has 0 fully saturated rings. The van der Waals surface area contributed by atoms with E-state index in [1.54, 1.807) is 19.1 Å². The summed E-state index contributed by atoms with van der Waals surface area (Å²) in [7, 11) is 0. The Morgan fingerprint density at radius 2 is 1.72 bits per heavy atom. The number of hydrogen-bond acceptors (Lipinski definition) is 3. The molecule has 2 aromatic carbocycles. The van der Waals surface area contributed by atoms with Crippen LogP contribution in [0, 0.1) is 13.8 Å². The van der Waals surface area contributed by atoms with Gasteiger partial charge in [0, 0.05) is 5.69 Å². The standard InChI is InChI=1S/C20H21N3O2/c1-14-9-12-18(15(2)13-14)21-19(24)20(25)23-22-16(3)10-11-17-7-5-4-6-8-17/h4-13H,1-3H3,(H,21,24)(H,23,25). The van der Waals surface area contributed by atoms with Gasteiger partial charge in [0.15, 0.2) is 0 Å². The average Bonchev–Trinajstić information content (AvgIpc) is 2.61. The zero-order chi connectivity index (χ0) is 18.2. The van der Waals surface area contributed by atoms with Gasteiger partial charge in [-0.15, -0.1) is 0 Å². The Kier molecular flexibility index (Phi) is 6.23. The number of amides is 2. The molecule has 0 aliphatic rings. The zero-order valence-corrected chi connectivity index (χ0v) is 14.5. The highest BCUT2D eigenvalue weighted by molar-refractivity contribution is 6.39. The van der Waals surface area contributed by atoms with Crippen LogP contribution < -0.4 is 10.7 Å². The quantitative estimate of drug-likeness (QED) is 0.510. The fourth-order valence-corrected chi connectivity index (χ4v) is 2.14. The van der Waals surface area contributed by atoms with Crippen molar-refractivity contribution in [2.45, 2.75) is 20.8 Å². The summed E-state index contributed by atoms with van der Waals surface area (Å²) in [6.45, 7) is 5.57. The maximum Gasteiger partial charge on any atom is 0.329 e. The molecule has 0 saturated heterocycles. The molecule has 0 unspecified atom stereocenters. The van der Waals surface area contributed by atoms with Crippen LogP contribution in [0.3, 0.4) is 0 Å². The van der Waals surface area contributed by atoms with Gasteiger partial charge in [-0.1, -0.05) is 54.1 Å². The molecule has 2 N–H and O–H groups in total. The first kappa shape index (κ1) is 18.1. The number of anilines is 1. The van der Waals surface area contributed by atoms with Crippen LogP contribution >= 0.6 is 0 Å². The minimum atomic E-state index is -0.813. The molecule has 5 heteroatoms. The summed E-state index contributed by atoms with van der Waals surface area (Å²) in [6.07, 6.45) is 3.64. The molecule has 0 saturated carbocycles. The molecule has 128 valence electrons.